The van der Waals surface area contributed by atoms with Crippen LogP contribution < -0.4 is 5.32 Å². The van der Waals surface area contributed by atoms with Gasteiger partial charge in [-0.2, -0.15) is 27.8 Å². The first-order valence-corrected chi connectivity index (χ1v) is 7.59. The normalized spacial score (nSPS) is 12.8. The fourth-order valence-electron chi connectivity index (χ4n) is 2.50. The molecular weight excluding hydrogens is 370 g/mol. The number of benzene rings is 1. The average Bonchev–Trinajstić information content (AvgIpc) is 3.06. The summed E-state index contributed by atoms with van der Waals surface area (Å²) in [5, 5.41) is 6.69. The highest BCUT2D eigenvalue weighted by atomic mass is 19.4. The molecule has 0 aliphatic rings. The number of alkyl halides is 3. The van der Waals surface area contributed by atoms with E-state index in [0.717, 1.165) is 13.2 Å². The van der Waals surface area contributed by atoms with E-state index in [4.69, 9.17) is 0 Å². The van der Waals surface area contributed by atoms with Crippen molar-refractivity contribution >= 4 is 17.6 Å². The number of aromatic nitrogens is 4. The number of methoxy groups -OCH3 is 1. The Hall–Kier alpha value is -3.24. The summed E-state index contributed by atoms with van der Waals surface area (Å²) in [7, 11) is 1.09. The Balaban J connectivity index is 2.05. The third-order valence-corrected chi connectivity index (χ3v) is 3.75. The minimum atomic E-state index is -4.71. The van der Waals surface area contributed by atoms with E-state index < -0.39 is 29.6 Å². The topological polar surface area (TPSA) is 81.4 Å². The summed E-state index contributed by atoms with van der Waals surface area (Å²) in [5.74, 6) is -1.62. The number of aryl methyl sites for hydroxylation is 1. The van der Waals surface area contributed by atoms with Crippen LogP contribution in [0, 0.1) is 12.7 Å². The molecule has 0 saturated carbocycles. The predicted octanol–water partition coefficient (Wildman–Crippen LogP) is 2.92. The molecule has 7 nitrogen and oxygen atoms in total. The third kappa shape index (κ3) is 3.66. The number of hydrogen-bond acceptors (Lipinski definition) is 6. The molecule has 0 radical (unpaired) electrons. The molecule has 1 N–H and O–H groups in total. The number of nitrogens with one attached hydrogen (secondary N) is 1. The van der Waals surface area contributed by atoms with Gasteiger partial charge in [0, 0.05) is 17.3 Å². The average molecular weight is 383 g/mol. The predicted molar refractivity (Wildman–Crippen MR) is 85.3 cm³/mol. The lowest BCUT2D eigenvalue weighted by Gasteiger charge is -2.20. The van der Waals surface area contributed by atoms with Gasteiger partial charge in [-0.15, -0.1) is 0 Å². The summed E-state index contributed by atoms with van der Waals surface area (Å²) >= 11 is 0. The number of ether oxygens (including phenoxy) is 1. The van der Waals surface area contributed by atoms with Crippen molar-refractivity contribution in [1.29, 1.82) is 0 Å². The smallest absolute Gasteiger partial charge is 0.416 e. The van der Waals surface area contributed by atoms with Crippen molar-refractivity contribution in [2.24, 2.45) is 0 Å². The third-order valence-electron chi connectivity index (χ3n) is 3.75. The van der Waals surface area contributed by atoms with Crippen LogP contribution in [0.25, 0.3) is 5.78 Å². The van der Waals surface area contributed by atoms with E-state index in [1.54, 1.807) is 6.92 Å². The molecule has 3 aromatic rings. The molecule has 0 spiro atoms. The maximum Gasteiger partial charge on any atom is 0.416 e. The molecule has 1 unspecified atom stereocenters. The van der Waals surface area contributed by atoms with Gasteiger partial charge < -0.3 is 10.1 Å². The fourth-order valence-corrected chi connectivity index (χ4v) is 2.50. The summed E-state index contributed by atoms with van der Waals surface area (Å²) in [5.41, 5.74) is -0.933. The van der Waals surface area contributed by atoms with Crippen LogP contribution in [-0.4, -0.2) is 32.7 Å². The molecule has 0 fully saturated rings. The SMILES string of the molecule is COC(=O)C(Nc1cc(C)nc2ncnn12)c1ccc(C(F)(F)F)cc1F. The molecule has 2 heterocycles. The molecule has 27 heavy (non-hydrogen) atoms. The fraction of sp³-hybridized carbons (Fsp3) is 0.250. The van der Waals surface area contributed by atoms with E-state index >= 15 is 0 Å². The van der Waals surface area contributed by atoms with Gasteiger partial charge in [-0.25, -0.2) is 14.2 Å². The van der Waals surface area contributed by atoms with E-state index in [-0.39, 0.29) is 17.2 Å². The Kier molecular flexibility index (Phi) is 4.68. The highest BCUT2D eigenvalue weighted by Crippen LogP contribution is 2.32. The molecule has 1 aromatic carbocycles. The lowest BCUT2D eigenvalue weighted by molar-refractivity contribution is -0.141. The van der Waals surface area contributed by atoms with E-state index in [9.17, 15) is 22.4 Å². The zero-order valence-corrected chi connectivity index (χ0v) is 14.1. The van der Waals surface area contributed by atoms with Gasteiger partial charge >= 0.3 is 12.1 Å². The first-order valence-electron chi connectivity index (χ1n) is 7.59. The van der Waals surface area contributed by atoms with Crippen molar-refractivity contribution in [2.45, 2.75) is 19.1 Å². The van der Waals surface area contributed by atoms with Crippen LogP contribution in [0.2, 0.25) is 0 Å². The van der Waals surface area contributed by atoms with Crippen LogP contribution in [0.1, 0.15) is 22.9 Å². The molecule has 11 heteroatoms. The van der Waals surface area contributed by atoms with Gasteiger partial charge in [0.25, 0.3) is 5.78 Å². The second-order valence-electron chi connectivity index (χ2n) is 5.59. The number of esters is 1. The van der Waals surface area contributed by atoms with E-state index in [1.165, 1.54) is 16.9 Å². The monoisotopic (exact) mass is 383 g/mol. The van der Waals surface area contributed by atoms with Gasteiger partial charge in [0.1, 0.15) is 18.0 Å². The number of rotatable bonds is 4. The van der Waals surface area contributed by atoms with Crippen LogP contribution >= 0.6 is 0 Å². The molecule has 2 aromatic heterocycles. The maximum atomic E-state index is 14.4. The zero-order valence-electron chi connectivity index (χ0n) is 14.1. The van der Waals surface area contributed by atoms with Crippen LogP contribution in [0.3, 0.4) is 0 Å². The molecule has 1 atom stereocenters. The Labute approximate surface area is 150 Å². The van der Waals surface area contributed by atoms with Gasteiger partial charge in [0.15, 0.2) is 6.04 Å². The van der Waals surface area contributed by atoms with Crippen molar-refractivity contribution in [3.8, 4) is 0 Å². The Bertz CT molecular complexity index is 1000. The largest absolute Gasteiger partial charge is 0.467 e. The molecule has 0 aliphatic carbocycles. The molecule has 0 aliphatic heterocycles. The van der Waals surface area contributed by atoms with E-state index in [1.807, 2.05) is 0 Å². The Morgan fingerprint density at radius 2 is 2.04 bits per heavy atom. The second kappa shape index (κ2) is 6.82. The number of carbonyl (C=O) groups is 1. The number of hydrogen-bond donors (Lipinski definition) is 1. The lowest BCUT2D eigenvalue weighted by atomic mass is 10.0. The summed E-state index contributed by atoms with van der Waals surface area (Å²) < 4.78 is 58.6. The molecule has 3 rings (SSSR count). The zero-order chi connectivity index (χ0) is 19.8. The van der Waals surface area contributed by atoms with Gasteiger partial charge in [-0.1, -0.05) is 6.07 Å². The number of halogens is 4. The lowest BCUT2D eigenvalue weighted by Crippen LogP contribution is -2.25. The second-order valence-corrected chi connectivity index (χ2v) is 5.59. The standard InChI is InChI=1S/C16H13F4N5O2/c1-8-5-12(25-15(23-8)21-7-22-25)24-13(14(26)27-2)10-4-3-9(6-11(10)17)16(18,19)20/h3-7,13,24H,1-2H3. The first kappa shape index (κ1) is 18.5. The van der Waals surface area contributed by atoms with Gasteiger partial charge in [-0.3, -0.25) is 0 Å². The van der Waals surface area contributed by atoms with Crippen molar-refractivity contribution in [2.75, 3.05) is 12.4 Å². The van der Waals surface area contributed by atoms with Crippen molar-refractivity contribution in [3.05, 3.63) is 53.2 Å². The van der Waals surface area contributed by atoms with Gasteiger partial charge in [-0.05, 0) is 19.1 Å². The summed E-state index contributed by atoms with van der Waals surface area (Å²) in [6.07, 6.45) is -3.47. The Morgan fingerprint density at radius 1 is 1.30 bits per heavy atom. The molecule has 0 bridgehead atoms. The Morgan fingerprint density at radius 3 is 2.67 bits per heavy atom. The highest BCUT2D eigenvalue weighted by molar-refractivity contribution is 5.81. The van der Waals surface area contributed by atoms with E-state index in [2.05, 4.69) is 25.1 Å². The van der Waals surface area contributed by atoms with Crippen LogP contribution in [-0.2, 0) is 15.7 Å². The van der Waals surface area contributed by atoms with Crippen molar-refractivity contribution in [3.63, 3.8) is 0 Å². The molecule has 0 amide bonds. The maximum absolute atomic E-state index is 14.4. The minimum Gasteiger partial charge on any atom is -0.467 e. The van der Waals surface area contributed by atoms with Gasteiger partial charge in [0.2, 0.25) is 0 Å². The van der Waals surface area contributed by atoms with Crippen molar-refractivity contribution in [1.82, 2.24) is 19.6 Å². The number of fused-ring (bicyclic) bond motifs is 1. The first-order chi connectivity index (χ1) is 12.7. The quantitative estimate of drug-likeness (QED) is 0.551. The summed E-state index contributed by atoms with van der Waals surface area (Å²) in [6, 6.07) is 2.03. The number of anilines is 1. The minimum absolute atomic E-state index is 0.231. The van der Waals surface area contributed by atoms with Crippen LogP contribution in [0.15, 0.2) is 30.6 Å². The van der Waals surface area contributed by atoms with Crippen LogP contribution in [0.4, 0.5) is 23.4 Å². The molecule has 0 saturated heterocycles. The summed E-state index contributed by atoms with van der Waals surface area (Å²) in [4.78, 5) is 20.2. The molecule has 142 valence electrons. The number of carbonyl (C=O) groups excluding carboxylic acids is 1. The van der Waals surface area contributed by atoms with Crippen molar-refractivity contribution < 1.29 is 27.1 Å². The van der Waals surface area contributed by atoms with Crippen LogP contribution in [0.5, 0.6) is 0 Å². The number of nitrogens with zero attached hydrogens (tertiary/aromatic N) is 4. The van der Waals surface area contributed by atoms with Gasteiger partial charge in [0.05, 0.1) is 12.7 Å². The molecular formula is C16H13F4N5O2. The van der Waals surface area contributed by atoms with E-state index in [0.29, 0.717) is 17.8 Å². The highest BCUT2D eigenvalue weighted by Gasteiger charge is 2.33. The summed E-state index contributed by atoms with van der Waals surface area (Å²) in [6.45, 7) is 1.67.